The number of fused-ring (bicyclic) bond motifs is 5. The van der Waals surface area contributed by atoms with Crippen molar-refractivity contribution in [1.29, 1.82) is 0 Å². The van der Waals surface area contributed by atoms with E-state index in [1.807, 2.05) is 0 Å². The van der Waals surface area contributed by atoms with Gasteiger partial charge in [0.1, 0.15) is 6.10 Å². The molecule has 4 aliphatic carbocycles. The van der Waals surface area contributed by atoms with Crippen molar-refractivity contribution in [3.05, 3.63) is 11.6 Å². The second-order valence-electron chi connectivity index (χ2n) is 12.0. The van der Waals surface area contributed by atoms with E-state index in [0.717, 1.165) is 37.0 Å². The number of ether oxygens (including phenoxy) is 1. The van der Waals surface area contributed by atoms with Gasteiger partial charge in [-0.15, -0.1) is 0 Å². The molecular formula is C29H48O3. The van der Waals surface area contributed by atoms with Crippen molar-refractivity contribution in [2.75, 3.05) is 6.61 Å². The molecule has 182 valence electrons. The maximum absolute atomic E-state index is 11.5. The van der Waals surface area contributed by atoms with E-state index in [0.29, 0.717) is 11.3 Å². The van der Waals surface area contributed by atoms with Crippen LogP contribution in [0.3, 0.4) is 0 Å². The number of rotatable bonds is 9. The van der Waals surface area contributed by atoms with Gasteiger partial charge in [0.25, 0.3) is 0 Å². The van der Waals surface area contributed by atoms with Gasteiger partial charge in [-0.05, 0) is 80.5 Å². The minimum absolute atomic E-state index is 0.0111. The summed E-state index contributed by atoms with van der Waals surface area (Å²) >= 11 is 0. The lowest BCUT2D eigenvalue weighted by Crippen LogP contribution is -2.53. The first-order valence-corrected chi connectivity index (χ1v) is 13.9. The van der Waals surface area contributed by atoms with Crippen LogP contribution in [0.2, 0.25) is 0 Å². The molecular weight excluding hydrogens is 396 g/mol. The molecule has 0 heterocycles. The highest BCUT2D eigenvalue weighted by Crippen LogP contribution is 2.66. The third kappa shape index (κ3) is 4.44. The fourth-order valence-electron chi connectivity index (χ4n) is 8.81. The number of carbonyl (C=O) groups is 1. The second-order valence-corrected chi connectivity index (χ2v) is 12.0. The molecule has 0 aliphatic heterocycles. The Labute approximate surface area is 196 Å². The Morgan fingerprint density at radius 3 is 2.59 bits per heavy atom. The quantitative estimate of drug-likeness (QED) is 0.232. The molecule has 3 saturated carbocycles. The van der Waals surface area contributed by atoms with Crippen LogP contribution in [0.1, 0.15) is 117 Å². The fourth-order valence-corrected chi connectivity index (χ4v) is 8.81. The van der Waals surface area contributed by atoms with E-state index >= 15 is 0 Å². The highest BCUT2D eigenvalue weighted by Gasteiger charge is 2.59. The van der Waals surface area contributed by atoms with Gasteiger partial charge in [0.2, 0.25) is 0 Å². The lowest BCUT2D eigenvalue weighted by atomic mass is 9.47. The highest BCUT2D eigenvalue weighted by atomic mass is 16.5. The summed E-state index contributed by atoms with van der Waals surface area (Å²) in [6.45, 7) is 6.72. The lowest BCUT2D eigenvalue weighted by molar-refractivity contribution is -0.149. The van der Waals surface area contributed by atoms with Gasteiger partial charge < -0.3 is 9.84 Å². The van der Waals surface area contributed by atoms with Crippen LogP contribution in [0.5, 0.6) is 0 Å². The Balaban J connectivity index is 1.42. The molecule has 1 N–H and O–H groups in total. The van der Waals surface area contributed by atoms with Crippen LogP contribution in [-0.2, 0) is 9.53 Å². The van der Waals surface area contributed by atoms with Crippen LogP contribution in [0.4, 0.5) is 0 Å². The maximum atomic E-state index is 11.5. The maximum Gasteiger partial charge on any atom is 0.302 e. The van der Waals surface area contributed by atoms with Gasteiger partial charge in [0.15, 0.2) is 0 Å². The molecule has 7 atom stereocenters. The largest absolute Gasteiger partial charge is 0.462 e. The standard InChI is InChI=1S/C29H48O3/c1-4-5-6-7-8-9-10-22-12-14-26-25-13-11-23-19-24(32-21(2)31)15-18-29(23,20-30)27(25)16-17-28(22,26)3/h11,22,24-27,30H,4-10,12-20H2,1-3H3/t22-,24-,25-,26-,27-,28+,29+/m0/s1. The molecule has 0 bridgehead atoms. The zero-order valence-corrected chi connectivity index (χ0v) is 21.0. The van der Waals surface area contributed by atoms with Crippen molar-refractivity contribution in [2.24, 2.45) is 34.5 Å². The molecule has 32 heavy (non-hydrogen) atoms. The summed E-state index contributed by atoms with van der Waals surface area (Å²) < 4.78 is 5.57. The average Bonchev–Trinajstić information content (AvgIpc) is 3.11. The minimum atomic E-state index is -0.170. The Morgan fingerprint density at radius 1 is 1.06 bits per heavy atom. The second kappa shape index (κ2) is 10.2. The van der Waals surface area contributed by atoms with Crippen molar-refractivity contribution in [3.63, 3.8) is 0 Å². The topological polar surface area (TPSA) is 46.5 Å². The SMILES string of the molecule is CCCCCCCC[C@H]1CC[C@H]2[C@@H]3CC=C4C[C@@H](OC(C)=O)CC[C@]4(CO)[C@H]3CC[C@]12C. The minimum Gasteiger partial charge on any atom is -0.462 e. The van der Waals surface area contributed by atoms with Crippen molar-refractivity contribution < 1.29 is 14.6 Å². The molecule has 0 aromatic carbocycles. The number of hydrogen-bond donors (Lipinski definition) is 1. The Bertz CT molecular complexity index is 684. The van der Waals surface area contributed by atoms with E-state index in [1.54, 1.807) is 0 Å². The van der Waals surface area contributed by atoms with Gasteiger partial charge in [-0.1, -0.05) is 64.0 Å². The normalized spacial score (nSPS) is 40.8. The molecule has 0 aromatic rings. The Morgan fingerprint density at radius 2 is 1.84 bits per heavy atom. The van der Waals surface area contributed by atoms with Crippen molar-refractivity contribution in [1.82, 2.24) is 0 Å². The third-order valence-corrected chi connectivity index (χ3v) is 10.5. The van der Waals surface area contributed by atoms with E-state index in [1.165, 1.54) is 89.5 Å². The van der Waals surface area contributed by atoms with Gasteiger partial charge >= 0.3 is 5.97 Å². The highest BCUT2D eigenvalue weighted by molar-refractivity contribution is 5.66. The first kappa shape index (κ1) is 24.3. The number of allylic oxidation sites excluding steroid dienone is 1. The zero-order valence-electron chi connectivity index (χ0n) is 21.0. The predicted molar refractivity (Wildman–Crippen MR) is 130 cm³/mol. The van der Waals surface area contributed by atoms with Gasteiger partial charge in [0.05, 0.1) is 6.61 Å². The number of aliphatic hydroxyl groups excluding tert-OH is 1. The molecule has 0 radical (unpaired) electrons. The number of aliphatic hydroxyl groups is 1. The Hall–Kier alpha value is -0.830. The first-order valence-electron chi connectivity index (χ1n) is 13.9. The van der Waals surface area contributed by atoms with Crippen molar-refractivity contribution in [3.8, 4) is 0 Å². The first-order chi connectivity index (χ1) is 15.4. The van der Waals surface area contributed by atoms with Crippen molar-refractivity contribution >= 4 is 5.97 Å². The fraction of sp³-hybridized carbons (Fsp3) is 0.897. The number of carbonyl (C=O) groups excluding carboxylic acids is 1. The van der Waals surface area contributed by atoms with Gasteiger partial charge in [-0.3, -0.25) is 4.79 Å². The summed E-state index contributed by atoms with van der Waals surface area (Å²) in [4.78, 5) is 11.5. The monoisotopic (exact) mass is 444 g/mol. The number of esters is 1. The summed E-state index contributed by atoms with van der Waals surface area (Å²) in [5, 5.41) is 10.7. The van der Waals surface area contributed by atoms with Gasteiger partial charge in [-0.25, -0.2) is 0 Å². The van der Waals surface area contributed by atoms with Crippen LogP contribution in [0.25, 0.3) is 0 Å². The van der Waals surface area contributed by atoms with Crippen LogP contribution in [0, 0.1) is 34.5 Å². The predicted octanol–water partition coefficient (Wildman–Crippen LogP) is 7.22. The smallest absolute Gasteiger partial charge is 0.302 e. The lowest BCUT2D eigenvalue weighted by Gasteiger charge is -2.58. The zero-order chi connectivity index (χ0) is 22.8. The third-order valence-electron chi connectivity index (χ3n) is 10.5. The molecule has 4 rings (SSSR count). The van der Waals surface area contributed by atoms with Crippen LogP contribution >= 0.6 is 0 Å². The van der Waals surface area contributed by atoms with E-state index in [-0.39, 0.29) is 24.1 Å². The molecule has 3 fully saturated rings. The molecule has 0 amide bonds. The summed E-state index contributed by atoms with van der Waals surface area (Å²) in [7, 11) is 0. The van der Waals surface area contributed by atoms with Crippen LogP contribution in [0.15, 0.2) is 11.6 Å². The number of unbranched alkanes of at least 4 members (excludes halogenated alkanes) is 5. The van der Waals surface area contributed by atoms with E-state index in [4.69, 9.17) is 4.74 Å². The summed E-state index contributed by atoms with van der Waals surface area (Å²) in [5.41, 5.74) is 1.88. The van der Waals surface area contributed by atoms with E-state index < -0.39 is 0 Å². The van der Waals surface area contributed by atoms with Crippen LogP contribution in [-0.4, -0.2) is 23.8 Å². The van der Waals surface area contributed by atoms with Gasteiger partial charge in [0, 0.05) is 18.8 Å². The molecule has 0 spiro atoms. The summed E-state index contributed by atoms with van der Waals surface area (Å²) in [6.07, 6.45) is 21.7. The summed E-state index contributed by atoms with van der Waals surface area (Å²) in [5.74, 6) is 2.94. The Kier molecular flexibility index (Phi) is 7.74. The van der Waals surface area contributed by atoms with E-state index in [2.05, 4.69) is 19.9 Å². The molecule has 3 nitrogen and oxygen atoms in total. The molecule has 0 unspecified atom stereocenters. The van der Waals surface area contributed by atoms with E-state index in [9.17, 15) is 9.90 Å². The molecule has 0 saturated heterocycles. The van der Waals surface area contributed by atoms with Gasteiger partial charge in [-0.2, -0.15) is 0 Å². The summed E-state index contributed by atoms with van der Waals surface area (Å²) in [6, 6.07) is 0. The average molecular weight is 445 g/mol. The number of hydrogen-bond acceptors (Lipinski definition) is 3. The molecule has 0 aromatic heterocycles. The molecule has 4 aliphatic rings. The van der Waals surface area contributed by atoms with Crippen LogP contribution < -0.4 is 0 Å². The van der Waals surface area contributed by atoms with Crippen molar-refractivity contribution in [2.45, 2.75) is 123 Å². The molecule has 3 heteroatoms.